The van der Waals surface area contributed by atoms with E-state index in [-0.39, 0.29) is 11.9 Å². The van der Waals surface area contributed by atoms with Crippen molar-refractivity contribution in [2.75, 3.05) is 4.90 Å². The molecule has 2 aliphatic rings. The number of anilines is 1. The molecule has 0 atom stereocenters. The van der Waals surface area contributed by atoms with Gasteiger partial charge in [0, 0.05) is 18.9 Å². The Bertz CT molecular complexity index is 675. The number of nitrogens with one attached hydrogen (secondary N) is 2. The van der Waals surface area contributed by atoms with Gasteiger partial charge in [0.05, 0.1) is 5.69 Å². The second-order valence-electron chi connectivity index (χ2n) is 7.24. The molecular formula is C17H21N3O4. The van der Waals surface area contributed by atoms with Crippen LogP contribution >= 0.6 is 0 Å². The van der Waals surface area contributed by atoms with E-state index >= 15 is 0 Å². The number of ether oxygens (including phenoxy) is 1. The molecule has 1 spiro atoms. The monoisotopic (exact) mass is 331 g/mol. The summed E-state index contributed by atoms with van der Waals surface area (Å²) in [6, 6.07) is 8.17. The van der Waals surface area contributed by atoms with E-state index in [4.69, 9.17) is 4.74 Å². The van der Waals surface area contributed by atoms with Crippen LogP contribution in [-0.2, 0) is 9.53 Å². The molecule has 4 amide bonds. The SMILES string of the molecule is CC(C)(C)OC(=O)NC1CC2(C1)NC(=O)N(c1ccccc1)C2=O. The molecule has 0 radical (unpaired) electrons. The Kier molecular flexibility index (Phi) is 3.74. The number of nitrogens with zero attached hydrogens (tertiary/aromatic N) is 1. The molecule has 1 aliphatic carbocycles. The third-order valence-corrected chi connectivity index (χ3v) is 4.09. The van der Waals surface area contributed by atoms with Crippen molar-refractivity contribution < 1.29 is 19.1 Å². The molecular weight excluding hydrogens is 310 g/mol. The fourth-order valence-electron chi connectivity index (χ4n) is 3.07. The molecule has 128 valence electrons. The van der Waals surface area contributed by atoms with Gasteiger partial charge >= 0.3 is 12.1 Å². The van der Waals surface area contributed by atoms with Gasteiger partial charge in [-0.2, -0.15) is 0 Å². The summed E-state index contributed by atoms with van der Waals surface area (Å²) in [5.74, 6) is -0.277. The highest BCUT2D eigenvalue weighted by Crippen LogP contribution is 2.39. The smallest absolute Gasteiger partial charge is 0.407 e. The number of hydrogen-bond acceptors (Lipinski definition) is 4. The lowest BCUT2D eigenvalue weighted by molar-refractivity contribution is -0.125. The van der Waals surface area contributed by atoms with Gasteiger partial charge in [-0.05, 0) is 32.9 Å². The van der Waals surface area contributed by atoms with Crippen molar-refractivity contribution in [1.29, 1.82) is 0 Å². The summed E-state index contributed by atoms with van der Waals surface area (Å²) in [5, 5.41) is 5.49. The molecule has 1 saturated heterocycles. The van der Waals surface area contributed by atoms with Gasteiger partial charge in [0.1, 0.15) is 11.1 Å². The average Bonchev–Trinajstić information content (AvgIpc) is 2.69. The maximum absolute atomic E-state index is 12.7. The zero-order valence-electron chi connectivity index (χ0n) is 14.0. The lowest BCUT2D eigenvalue weighted by atomic mass is 9.72. The summed E-state index contributed by atoms with van der Waals surface area (Å²) in [4.78, 5) is 37.8. The molecule has 7 heteroatoms. The van der Waals surface area contributed by atoms with Gasteiger partial charge in [0.2, 0.25) is 0 Å². The quantitative estimate of drug-likeness (QED) is 0.813. The number of urea groups is 1. The highest BCUT2D eigenvalue weighted by Gasteiger charge is 2.59. The van der Waals surface area contributed by atoms with E-state index < -0.39 is 23.3 Å². The Labute approximate surface area is 140 Å². The third kappa shape index (κ3) is 2.93. The molecule has 1 aliphatic heterocycles. The van der Waals surface area contributed by atoms with Crippen molar-refractivity contribution >= 4 is 23.7 Å². The van der Waals surface area contributed by atoms with Gasteiger partial charge in [-0.3, -0.25) is 4.79 Å². The Morgan fingerprint density at radius 2 is 1.88 bits per heavy atom. The van der Waals surface area contributed by atoms with Crippen LogP contribution in [0.2, 0.25) is 0 Å². The summed E-state index contributed by atoms with van der Waals surface area (Å²) in [6.45, 7) is 5.36. The number of para-hydroxylation sites is 1. The first kappa shape index (κ1) is 16.3. The molecule has 1 saturated carbocycles. The zero-order valence-corrected chi connectivity index (χ0v) is 14.0. The van der Waals surface area contributed by atoms with Crippen molar-refractivity contribution in [1.82, 2.24) is 10.6 Å². The number of rotatable bonds is 2. The minimum absolute atomic E-state index is 0.195. The van der Waals surface area contributed by atoms with Gasteiger partial charge in [0.25, 0.3) is 5.91 Å². The number of hydrogen-bond donors (Lipinski definition) is 2. The minimum Gasteiger partial charge on any atom is -0.444 e. The molecule has 3 rings (SSSR count). The van der Waals surface area contributed by atoms with E-state index in [0.717, 1.165) is 4.90 Å². The Morgan fingerprint density at radius 1 is 1.25 bits per heavy atom. The van der Waals surface area contributed by atoms with E-state index in [1.807, 2.05) is 6.07 Å². The number of imide groups is 1. The largest absolute Gasteiger partial charge is 0.444 e. The molecule has 2 fully saturated rings. The molecule has 0 unspecified atom stereocenters. The van der Waals surface area contributed by atoms with E-state index in [0.29, 0.717) is 18.5 Å². The standard InChI is InChI=1S/C17H21N3O4/c1-16(2,3)24-15(23)18-11-9-17(10-11)13(21)20(14(22)19-17)12-7-5-4-6-8-12/h4-8,11H,9-10H2,1-3H3,(H,18,23)(H,19,22). The lowest BCUT2D eigenvalue weighted by Crippen LogP contribution is -2.64. The van der Waals surface area contributed by atoms with Crippen molar-refractivity contribution in [3.05, 3.63) is 30.3 Å². The normalized spacial score (nSPS) is 26.1. The maximum atomic E-state index is 12.7. The van der Waals surface area contributed by atoms with Crippen LogP contribution in [0, 0.1) is 0 Å². The van der Waals surface area contributed by atoms with Crippen LogP contribution in [0.4, 0.5) is 15.3 Å². The summed E-state index contributed by atoms with van der Waals surface area (Å²) in [6.07, 6.45) is 0.208. The number of alkyl carbamates (subject to hydrolysis) is 1. The first-order valence-electron chi connectivity index (χ1n) is 7.91. The van der Waals surface area contributed by atoms with Gasteiger partial charge < -0.3 is 15.4 Å². The molecule has 1 heterocycles. The average molecular weight is 331 g/mol. The van der Waals surface area contributed by atoms with Gasteiger partial charge in [-0.15, -0.1) is 0 Å². The van der Waals surface area contributed by atoms with Crippen LogP contribution < -0.4 is 15.5 Å². The summed E-state index contributed by atoms with van der Waals surface area (Å²) in [5.41, 5.74) is -0.958. The molecule has 0 aromatic heterocycles. The first-order chi connectivity index (χ1) is 11.2. The second kappa shape index (κ2) is 5.51. The predicted octanol–water partition coefficient (Wildman–Crippen LogP) is 2.17. The van der Waals surface area contributed by atoms with Crippen LogP contribution in [0.3, 0.4) is 0 Å². The topological polar surface area (TPSA) is 87.7 Å². The highest BCUT2D eigenvalue weighted by molar-refractivity contribution is 6.23. The number of amides is 4. The van der Waals surface area contributed by atoms with E-state index in [1.165, 1.54) is 0 Å². The second-order valence-corrected chi connectivity index (χ2v) is 7.24. The number of benzene rings is 1. The van der Waals surface area contributed by atoms with Gasteiger partial charge in [-0.1, -0.05) is 18.2 Å². The van der Waals surface area contributed by atoms with Gasteiger partial charge in [0.15, 0.2) is 0 Å². The Hall–Kier alpha value is -2.57. The van der Waals surface area contributed by atoms with Crippen LogP contribution in [0.1, 0.15) is 33.6 Å². The number of carbonyl (C=O) groups is 3. The molecule has 7 nitrogen and oxygen atoms in total. The van der Waals surface area contributed by atoms with Crippen molar-refractivity contribution in [2.24, 2.45) is 0 Å². The van der Waals surface area contributed by atoms with E-state index in [9.17, 15) is 14.4 Å². The lowest BCUT2D eigenvalue weighted by Gasteiger charge is -2.42. The fourth-order valence-corrected chi connectivity index (χ4v) is 3.07. The molecule has 1 aromatic rings. The van der Waals surface area contributed by atoms with Crippen molar-refractivity contribution in [2.45, 2.75) is 50.8 Å². The fraction of sp³-hybridized carbons (Fsp3) is 0.471. The van der Waals surface area contributed by atoms with Crippen LogP contribution in [0.25, 0.3) is 0 Å². The van der Waals surface area contributed by atoms with E-state index in [2.05, 4.69) is 10.6 Å². The van der Waals surface area contributed by atoms with E-state index in [1.54, 1.807) is 45.0 Å². The summed E-state index contributed by atoms with van der Waals surface area (Å²) < 4.78 is 5.20. The molecule has 1 aromatic carbocycles. The predicted molar refractivity (Wildman–Crippen MR) is 87.6 cm³/mol. The Morgan fingerprint density at radius 3 is 2.46 bits per heavy atom. The van der Waals surface area contributed by atoms with Crippen LogP contribution in [-0.4, -0.2) is 35.2 Å². The molecule has 24 heavy (non-hydrogen) atoms. The minimum atomic E-state index is -0.924. The van der Waals surface area contributed by atoms with Gasteiger partial charge in [-0.25, -0.2) is 14.5 Å². The maximum Gasteiger partial charge on any atom is 0.407 e. The Balaban J connectivity index is 1.63. The summed E-state index contributed by atoms with van der Waals surface area (Å²) in [7, 11) is 0. The zero-order chi connectivity index (χ0) is 17.5. The van der Waals surface area contributed by atoms with Crippen molar-refractivity contribution in [3.8, 4) is 0 Å². The third-order valence-electron chi connectivity index (χ3n) is 4.09. The number of carbonyl (C=O) groups excluding carboxylic acids is 3. The summed E-state index contributed by atoms with van der Waals surface area (Å²) >= 11 is 0. The molecule has 2 N–H and O–H groups in total. The first-order valence-corrected chi connectivity index (χ1v) is 7.91. The van der Waals surface area contributed by atoms with Crippen molar-refractivity contribution in [3.63, 3.8) is 0 Å². The molecule has 0 bridgehead atoms. The van der Waals surface area contributed by atoms with Crippen LogP contribution in [0.15, 0.2) is 30.3 Å². The highest BCUT2D eigenvalue weighted by atomic mass is 16.6. The van der Waals surface area contributed by atoms with Crippen LogP contribution in [0.5, 0.6) is 0 Å².